The first-order valence-electron chi connectivity index (χ1n) is 7.21. The number of halogens is 3. The van der Waals surface area contributed by atoms with Gasteiger partial charge in [0.1, 0.15) is 10.8 Å². The number of thiocarbonyl (C=S) groups is 1. The number of amidine groups is 1. The number of aliphatic imine (C=N–C) groups is 1. The fraction of sp³-hybridized carbons (Fsp3) is 0.400. The van der Waals surface area contributed by atoms with E-state index in [-0.39, 0.29) is 11.9 Å². The maximum Gasteiger partial charge on any atom is 0.416 e. The lowest BCUT2D eigenvalue weighted by Gasteiger charge is -2.26. The van der Waals surface area contributed by atoms with Gasteiger partial charge in [0, 0.05) is 12.2 Å². The molecule has 1 saturated heterocycles. The van der Waals surface area contributed by atoms with E-state index in [0.29, 0.717) is 23.6 Å². The Kier molecular flexibility index (Phi) is 5.43. The highest BCUT2D eigenvalue weighted by Gasteiger charge is 2.32. The molecule has 0 aliphatic carbocycles. The van der Waals surface area contributed by atoms with Crippen molar-refractivity contribution >= 4 is 34.8 Å². The summed E-state index contributed by atoms with van der Waals surface area (Å²) >= 11 is 5.26. The molecular weight excluding hydrogens is 343 g/mol. The molecule has 1 amide bonds. The van der Waals surface area contributed by atoms with Gasteiger partial charge in [-0.25, -0.2) is 9.79 Å². The topological polar surface area (TPSA) is 64.9 Å². The van der Waals surface area contributed by atoms with Crippen molar-refractivity contribution in [2.75, 3.05) is 11.4 Å². The lowest BCUT2D eigenvalue weighted by Crippen LogP contribution is -2.36. The molecule has 24 heavy (non-hydrogen) atoms. The van der Waals surface area contributed by atoms with Crippen molar-refractivity contribution in [2.24, 2.45) is 4.99 Å². The van der Waals surface area contributed by atoms with Crippen LogP contribution in [0, 0.1) is 0 Å². The Morgan fingerprint density at radius 1 is 1.38 bits per heavy atom. The molecule has 1 heterocycles. The molecule has 0 spiro atoms. The Morgan fingerprint density at radius 2 is 2.00 bits per heavy atom. The zero-order valence-corrected chi connectivity index (χ0v) is 13.6. The van der Waals surface area contributed by atoms with Crippen LogP contribution in [0.15, 0.2) is 29.3 Å². The molecule has 0 bridgehead atoms. The van der Waals surface area contributed by atoms with Gasteiger partial charge in [0.15, 0.2) is 0 Å². The highest BCUT2D eigenvalue weighted by molar-refractivity contribution is 7.80. The smallest absolute Gasteiger partial charge is 0.416 e. The van der Waals surface area contributed by atoms with E-state index >= 15 is 0 Å². The average molecular weight is 359 g/mol. The third-order valence-corrected chi connectivity index (χ3v) is 3.99. The van der Waals surface area contributed by atoms with Crippen LogP contribution in [-0.4, -0.2) is 34.6 Å². The molecule has 130 valence electrons. The van der Waals surface area contributed by atoms with E-state index in [0.717, 1.165) is 18.6 Å². The predicted molar refractivity (Wildman–Crippen MR) is 88.7 cm³/mol. The Morgan fingerprint density at radius 3 is 2.54 bits per heavy atom. The minimum Gasteiger partial charge on any atom is -0.465 e. The van der Waals surface area contributed by atoms with E-state index in [1.807, 2.05) is 4.90 Å². The number of carboxylic acid groups (broad SMARTS) is 1. The van der Waals surface area contributed by atoms with Gasteiger partial charge in [-0.15, -0.1) is 0 Å². The SMILES string of the molecule is CC(=NC(=S)C1CCCN1c1ccc(C(F)(F)F)cc1)NC(=O)O. The van der Waals surface area contributed by atoms with E-state index in [2.05, 4.69) is 10.3 Å². The number of carbonyl (C=O) groups is 1. The number of alkyl halides is 3. The number of amides is 1. The summed E-state index contributed by atoms with van der Waals surface area (Å²) in [5.41, 5.74) is -0.0732. The van der Waals surface area contributed by atoms with Gasteiger partial charge in [-0.2, -0.15) is 13.2 Å². The second-order valence-electron chi connectivity index (χ2n) is 5.36. The van der Waals surface area contributed by atoms with Gasteiger partial charge in [-0.1, -0.05) is 12.2 Å². The first-order valence-corrected chi connectivity index (χ1v) is 7.62. The van der Waals surface area contributed by atoms with Crippen molar-refractivity contribution in [3.63, 3.8) is 0 Å². The summed E-state index contributed by atoms with van der Waals surface area (Å²) < 4.78 is 37.9. The number of hydrogen-bond acceptors (Lipinski definition) is 3. The second kappa shape index (κ2) is 7.16. The largest absolute Gasteiger partial charge is 0.465 e. The molecule has 0 saturated carbocycles. The van der Waals surface area contributed by atoms with Gasteiger partial charge in [-0.05, 0) is 44.0 Å². The minimum absolute atomic E-state index is 0.159. The molecule has 1 fully saturated rings. The van der Waals surface area contributed by atoms with Crippen LogP contribution < -0.4 is 10.2 Å². The van der Waals surface area contributed by atoms with Crippen LogP contribution in [0.4, 0.5) is 23.7 Å². The van der Waals surface area contributed by atoms with Crippen LogP contribution in [0.5, 0.6) is 0 Å². The molecule has 1 atom stereocenters. The quantitative estimate of drug-likeness (QED) is 0.480. The fourth-order valence-corrected chi connectivity index (χ4v) is 2.98. The number of nitrogens with one attached hydrogen (secondary N) is 1. The molecule has 1 aliphatic rings. The third kappa shape index (κ3) is 4.44. The monoisotopic (exact) mass is 359 g/mol. The van der Waals surface area contributed by atoms with Gasteiger partial charge >= 0.3 is 12.3 Å². The number of rotatable bonds is 2. The summed E-state index contributed by atoms with van der Waals surface area (Å²) in [4.78, 5) is 16.8. The number of benzene rings is 1. The summed E-state index contributed by atoms with van der Waals surface area (Å²) in [6.45, 7) is 2.13. The molecule has 0 radical (unpaired) electrons. The van der Waals surface area contributed by atoms with E-state index in [9.17, 15) is 18.0 Å². The van der Waals surface area contributed by atoms with Crippen molar-refractivity contribution in [1.82, 2.24) is 5.32 Å². The van der Waals surface area contributed by atoms with Crippen molar-refractivity contribution < 1.29 is 23.1 Å². The molecule has 2 rings (SSSR count). The molecule has 1 aromatic rings. The van der Waals surface area contributed by atoms with Crippen molar-refractivity contribution in [3.05, 3.63) is 29.8 Å². The van der Waals surface area contributed by atoms with Gasteiger partial charge in [0.25, 0.3) is 0 Å². The van der Waals surface area contributed by atoms with Crippen molar-refractivity contribution in [1.29, 1.82) is 0 Å². The first kappa shape index (κ1) is 18.2. The maximum atomic E-state index is 12.6. The standard InChI is InChI=1S/C15H16F3N3O2S/c1-9(20-14(22)23)19-13(24)12-3-2-8-21(12)11-6-4-10(5-7-11)15(16,17)18/h4-7,12H,2-3,8H2,1H3,(H,22,23)(H,19,20,24). The summed E-state index contributed by atoms with van der Waals surface area (Å²) in [5, 5.41) is 10.8. The van der Waals surface area contributed by atoms with E-state index < -0.39 is 17.8 Å². The first-order chi connectivity index (χ1) is 11.2. The average Bonchev–Trinajstić information content (AvgIpc) is 2.95. The third-order valence-electron chi connectivity index (χ3n) is 3.63. The van der Waals surface area contributed by atoms with Crippen molar-refractivity contribution in [3.8, 4) is 0 Å². The zero-order chi connectivity index (χ0) is 17.9. The summed E-state index contributed by atoms with van der Waals surface area (Å²) in [6, 6.07) is 4.65. The summed E-state index contributed by atoms with van der Waals surface area (Å²) in [6.07, 6.45) is -4.07. The molecule has 1 aliphatic heterocycles. The summed E-state index contributed by atoms with van der Waals surface area (Å²) in [7, 11) is 0. The van der Waals surface area contributed by atoms with Crippen LogP contribution in [0.1, 0.15) is 25.3 Å². The minimum atomic E-state index is -4.37. The lowest BCUT2D eigenvalue weighted by atomic mass is 10.1. The van der Waals surface area contributed by atoms with Crippen LogP contribution >= 0.6 is 12.2 Å². The van der Waals surface area contributed by atoms with Crippen LogP contribution in [-0.2, 0) is 6.18 Å². The lowest BCUT2D eigenvalue weighted by molar-refractivity contribution is -0.137. The number of nitrogens with zero attached hydrogens (tertiary/aromatic N) is 2. The van der Waals surface area contributed by atoms with Crippen molar-refractivity contribution in [2.45, 2.75) is 32.0 Å². The van der Waals surface area contributed by atoms with E-state index in [1.54, 1.807) is 0 Å². The maximum absolute atomic E-state index is 12.6. The molecular formula is C15H16F3N3O2S. The van der Waals surface area contributed by atoms with E-state index in [4.69, 9.17) is 17.3 Å². The van der Waals surface area contributed by atoms with Gasteiger partial charge < -0.3 is 10.0 Å². The highest BCUT2D eigenvalue weighted by Crippen LogP contribution is 2.32. The van der Waals surface area contributed by atoms with Gasteiger partial charge in [0.2, 0.25) is 0 Å². The molecule has 9 heteroatoms. The Labute approximate surface area is 142 Å². The van der Waals surface area contributed by atoms with Crippen LogP contribution in [0.3, 0.4) is 0 Å². The Bertz CT molecular complexity index is 659. The Hall–Kier alpha value is -2.16. The zero-order valence-electron chi connectivity index (χ0n) is 12.8. The van der Waals surface area contributed by atoms with E-state index in [1.165, 1.54) is 19.1 Å². The predicted octanol–water partition coefficient (Wildman–Crippen LogP) is 3.69. The Balaban J connectivity index is 2.15. The highest BCUT2D eigenvalue weighted by atomic mass is 32.1. The second-order valence-corrected chi connectivity index (χ2v) is 5.78. The molecule has 1 aromatic carbocycles. The molecule has 0 aromatic heterocycles. The molecule has 2 N–H and O–H groups in total. The molecule has 5 nitrogen and oxygen atoms in total. The van der Waals surface area contributed by atoms with Gasteiger partial charge in [0.05, 0.1) is 11.6 Å². The molecule has 1 unspecified atom stereocenters. The van der Waals surface area contributed by atoms with Gasteiger partial charge in [-0.3, -0.25) is 5.32 Å². The van der Waals surface area contributed by atoms with Crippen LogP contribution in [0.2, 0.25) is 0 Å². The summed E-state index contributed by atoms with van der Waals surface area (Å²) in [5.74, 6) is 0.159. The fourth-order valence-electron chi connectivity index (χ4n) is 2.60. The number of anilines is 1. The normalized spacial score (nSPS) is 18.6. The number of hydrogen-bond donors (Lipinski definition) is 2. The van der Waals surface area contributed by atoms with Crippen LogP contribution in [0.25, 0.3) is 0 Å².